The van der Waals surface area contributed by atoms with Crippen molar-refractivity contribution in [2.24, 2.45) is 121 Å². The summed E-state index contributed by atoms with van der Waals surface area (Å²) in [5, 5.41) is 41.9. The van der Waals surface area contributed by atoms with Gasteiger partial charge >= 0.3 is 6.03 Å². The number of amides is 2. The first kappa shape index (κ1) is 70.0. The summed E-state index contributed by atoms with van der Waals surface area (Å²) >= 11 is 0. The first-order valence-electron chi connectivity index (χ1n) is 32.5. The van der Waals surface area contributed by atoms with Gasteiger partial charge in [-0.1, -0.05) is 89.0 Å². The standard InChI is InChI=1S/C32H48N2O7S.C26H43NO2.C7H7NO4S.CH4.BH.U/c1-5-21-25-14-19(35)10-12-32(25,4)24-11-13-31(3)22(7-8-23(31)28(24)29(21)36)18(2)16-33-30(37)34-42(38,39)20-6-9-26-27(15-20)41-17-40-26;1-6-18-22-13-16(2)9-11-26(22,5)21-10-12-25(4)19(17(3)14-27-15-28)7-8-20(25)23(21)24(18)29;8-13(9,10)5-1-2-6-7(3-5)12-4-11-6;;;/h6,9,15,18-19,21-25,28-29,35-36H,5,7-8,10-14,16-17H2,1-4H3,(H2,33,34,37);16-24,29H,6-14H2,1-5H3;1-3H,4H2,(H2,8,9,10);1H4;1H;/t18-,19-,21-,22-,23+,24+,25+,28+,29-,31-,32-;16-,17-,18-,19-,20+,21+,22+,23+,24-,25-,26-;;;;/m11..../s1/i;;;;1D;. The minimum Gasteiger partial charge on any atom is -0.454 e. The zero-order chi connectivity index (χ0) is 62.5. The maximum Gasteiger partial charge on any atom is 0.328 e. The smallest absolute Gasteiger partial charge is 0.328 e. The summed E-state index contributed by atoms with van der Waals surface area (Å²) in [5.74, 6) is 8.91. The van der Waals surface area contributed by atoms with Gasteiger partial charge in [-0.15, -0.1) is 0 Å². The van der Waals surface area contributed by atoms with Gasteiger partial charge in [0.25, 0.3) is 10.0 Å². The van der Waals surface area contributed by atoms with Crippen LogP contribution in [0.2, 0.25) is 0 Å². The molecule has 17 nitrogen and oxygen atoms in total. The maximum absolute atomic E-state index is 12.8. The van der Waals surface area contributed by atoms with Crippen LogP contribution in [0.4, 0.5) is 4.79 Å². The fraction of sp³-hybridized carbons (Fsp3) is 0.788. The minimum atomic E-state index is -4.07. The number of carbonyl (C=O) groups is 1. The Morgan fingerprint density at radius 3 is 1.63 bits per heavy atom. The van der Waals surface area contributed by atoms with E-state index in [-0.39, 0.29) is 109 Å². The summed E-state index contributed by atoms with van der Waals surface area (Å²) in [4.78, 5) is 27.3. The molecule has 2 amide bonds. The molecule has 87 heavy (non-hydrogen) atoms. The van der Waals surface area contributed by atoms with E-state index in [0.717, 1.165) is 63.7 Å². The zero-order valence-electron chi connectivity index (χ0n) is 53.3. The predicted molar refractivity (Wildman–Crippen MR) is 332 cm³/mol. The number of benzene rings is 2. The van der Waals surface area contributed by atoms with Crippen LogP contribution in [0.25, 0.3) is 0 Å². The molecule has 0 unspecified atom stereocenters. The van der Waals surface area contributed by atoms with Gasteiger partial charge in [0, 0.05) is 58.2 Å². The molecule has 10 aliphatic rings. The summed E-state index contributed by atoms with van der Waals surface area (Å²) in [6, 6.07) is 7.77. The van der Waals surface area contributed by atoms with Gasteiger partial charge in [-0.05, 0) is 220 Å². The topological polar surface area (TPSA) is 262 Å². The second kappa shape index (κ2) is 27.8. The Balaban J connectivity index is 0.000000207. The number of aliphatic hydroxyl groups excluding tert-OH is 3. The average molecular weight is 1470 g/mol. The van der Waals surface area contributed by atoms with E-state index in [9.17, 15) is 41.7 Å². The number of urea groups is 1. The molecule has 0 aromatic heterocycles. The Morgan fingerprint density at radius 1 is 0.678 bits per heavy atom. The summed E-state index contributed by atoms with van der Waals surface area (Å²) < 4.78 is 75.4. The fourth-order valence-corrected chi connectivity index (χ4v) is 22.6. The summed E-state index contributed by atoms with van der Waals surface area (Å²) in [5.41, 5.74) is 0.944. The van der Waals surface area contributed by atoms with Crippen molar-refractivity contribution in [2.45, 2.75) is 201 Å². The average Bonchev–Trinajstić information content (AvgIpc) is 1.50. The maximum atomic E-state index is 12.8. The van der Waals surface area contributed by atoms with E-state index in [1.165, 1.54) is 81.3 Å². The third-order valence-electron chi connectivity index (χ3n) is 25.2. The Morgan fingerprint density at radius 2 is 1.13 bits per heavy atom. The summed E-state index contributed by atoms with van der Waals surface area (Å²) in [6.45, 7) is 22.5. The molecule has 8 fully saturated rings. The molecule has 2 aliphatic heterocycles. The summed E-state index contributed by atoms with van der Waals surface area (Å²) in [7, 11) is -3.98. The Bertz CT molecular complexity index is 3020. The number of aliphatic hydroxyl groups is 3. The number of hydrogen-bond donors (Lipinski definition) is 6. The molecule has 2 heterocycles. The number of isocyanates is 1. The van der Waals surface area contributed by atoms with Crippen molar-refractivity contribution >= 4 is 40.5 Å². The van der Waals surface area contributed by atoms with Gasteiger partial charge in [0.15, 0.2) is 23.0 Å². The SMILES string of the molecule is C.CC[C@H]1[C@@H](O)[C@@H]2[C@H](CC[C@]3(C)[C@@H]([C@H](C)CN=C=O)CC[C@@H]23)[C@@]2(C)CC[C@@H](C)C[C@@H]12.CC[C@H]1[C@@H](O)[C@@H]2[C@H](CC[C@]3(C)[C@@H]([C@H](C)CNC(=O)NS(=O)(=O)c4ccc5c(c4)OCO5)CC[C@@H]23)[C@@]2(C)CC[C@@H](O)C[C@@H]12.NS(=O)(=O)c1ccc2c(c1)OCO2.[2H][B].[U]. The van der Waals surface area contributed by atoms with Gasteiger partial charge in [0.2, 0.25) is 29.7 Å². The molecule has 12 rings (SSSR count). The molecular formula is C66H103BN4O13S2U. The zero-order valence-corrected chi connectivity index (χ0v) is 58.1. The van der Waals surface area contributed by atoms with Crippen molar-refractivity contribution in [3.8, 4) is 23.0 Å². The largest absolute Gasteiger partial charge is 0.454 e. The van der Waals surface area contributed by atoms with Gasteiger partial charge in [-0.3, -0.25) is 0 Å². The van der Waals surface area contributed by atoms with Crippen molar-refractivity contribution in [3.05, 3.63) is 36.4 Å². The van der Waals surface area contributed by atoms with Gasteiger partial charge in [0.05, 0.1) is 34.6 Å². The van der Waals surface area contributed by atoms with Crippen LogP contribution in [0.5, 0.6) is 23.0 Å². The quantitative estimate of drug-likeness (QED) is 0.0696. The number of sulfonamides is 2. The Hall–Kier alpha value is -2.85. The number of fused-ring (bicyclic) bond motifs is 12. The van der Waals surface area contributed by atoms with E-state index in [2.05, 4.69) is 85.7 Å². The van der Waals surface area contributed by atoms with Crippen molar-refractivity contribution in [3.63, 3.8) is 0 Å². The van der Waals surface area contributed by atoms with E-state index >= 15 is 0 Å². The molecule has 21 heteroatoms. The van der Waals surface area contributed by atoms with Crippen molar-refractivity contribution < 1.29 is 91.8 Å². The number of nitrogens with one attached hydrogen (secondary N) is 2. The van der Waals surface area contributed by atoms with Crippen molar-refractivity contribution in [2.75, 3.05) is 26.7 Å². The number of aliphatic imine (C=N–C) groups is 1. The second-order valence-corrected chi connectivity index (χ2v) is 32.2. The fourth-order valence-electron chi connectivity index (χ4n) is 21.1. The molecule has 0 bridgehead atoms. The van der Waals surface area contributed by atoms with Crippen molar-refractivity contribution in [1.29, 1.82) is 1.34 Å². The van der Waals surface area contributed by atoms with Crippen molar-refractivity contribution in [1.82, 2.24) is 10.0 Å². The van der Waals surface area contributed by atoms with Crippen LogP contribution in [-0.4, -0.2) is 99.0 Å². The number of rotatable bonds is 11. The number of primary sulfonamides is 1. The molecule has 2 radical (unpaired) electrons. The predicted octanol–water partition coefficient (Wildman–Crippen LogP) is 10.6. The molecule has 22 atom stereocenters. The van der Waals surface area contributed by atoms with Crippen LogP contribution in [0.3, 0.4) is 0 Å². The third kappa shape index (κ3) is 13.3. The number of carbonyl (C=O) groups excluding carboxylic acids is 2. The van der Waals surface area contributed by atoms with Crippen LogP contribution in [0, 0.1) is 142 Å². The monoisotopic (exact) mass is 1470 g/mol. The first-order valence-corrected chi connectivity index (χ1v) is 35.0. The number of nitrogens with two attached hydrogens (primary N) is 1. The third-order valence-corrected chi connectivity index (χ3v) is 27.4. The van der Waals surface area contributed by atoms with E-state index < -0.39 is 26.1 Å². The molecule has 8 saturated carbocycles. The van der Waals surface area contributed by atoms with Crippen LogP contribution >= 0.6 is 0 Å². The first-order chi connectivity index (χ1) is 40.7. The van der Waals surface area contributed by atoms with Gasteiger partial charge in [-0.25, -0.2) is 41.3 Å². The minimum absolute atomic E-state index is 0. The number of ether oxygens (including phenoxy) is 4. The molecule has 0 spiro atoms. The summed E-state index contributed by atoms with van der Waals surface area (Å²) in [6.07, 6.45) is 19.3. The molecule has 0 saturated heterocycles. The van der Waals surface area contributed by atoms with Gasteiger partial charge < -0.3 is 39.6 Å². The molecule has 7 N–H and O–H groups in total. The van der Waals surface area contributed by atoms with E-state index in [1.807, 2.05) is 0 Å². The second-order valence-electron chi connectivity index (χ2n) is 29.0. The van der Waals surface area contributed by atoms with E-state index in [0.29, 0.717) is 112 Å². The normalized spacial score (nSPS) is 39.7. The van der Waals surface area contributed by atoms with E-state index in [4.69, 9.17) is 25.4 Å². The Labute approximate surface area is 547 Å². The molecule has 8 aliphatic carbocycles. The molecule has 484 valence electrons. The van der Waals surface area contributed by atoms with E-state index in [1.54, 1.807) is 6.08 Å². The van der Waals surface area contributed by atoms with Gasteiger partial charge in [0.1, 0.15) is 0 Å². The van der Waals surface area contributed by atoms with Crippen LogP contribution in [0.1, 0.15) is 172 Å². The van der Waals surface area contributed by atoms with Crippen LogP contribution in [-0.2, 0) is 24.8 Å². The molecule has 2 aromatic carbocycles. The number of hydrogen-bond acceptors (Lipinski definition) is 14. The molecular weight excluding hydrogens is 1370 g/mol. The number of nitrogens with zero attached hydrogens (tertiary/aromatic N) is 1. The van der Waals surface area contributed by atoms with Gasteiger partial charge in [-0.2, -0.15) is 0 Å². The molecule has 2 aromatic rings. The Kier molecular flexibility index (Phi) is 22.4. The van der Waals surface area contributed by atoms with Crippen LogP contribution < -0.4 is 34.1 Å². The van der Waals surface area contributed by atoms with Crippen LogP contribution in [0.15, 0.2) is 51.2 Å².